The summed E-state index contributed by atoms with van der Waals surface area (Å²) in [6.07, 6.45) is 0. The SMILES string of the molecule is COc1ccc(CNC(=O)c2ccc(CNS(=O)(=O)c3ccc(OC)cc3)cc2)cc1. The molecule has 0 unspecified atom stereocenters. The Morgan fingerprint density at radius 3 is 1.77 bits per heavy atom. The summed E-state index contributed by atoms with van der Waals surface area (Å²) in [7, 11) is -0.528. The lowest BCUT2D eigenvalue weighted by Crippen LogP contribution is -2.24. The van der Waals surface area contributed by atoms with E-state index < -0.39 is 10.0 Å². The van der Waals surface area contributed by atoms with Gasteiger partial charge in [-0.2, -0.15) is 0 Å². The van der Waals surface area contributed by atoms with Crippen LogP contribution in [0.1, 0.15) is 21.5 Å². The van der Waals surface area contributed by atoms with Gasteiger partial charge in [-0.1, -0.05) is 24.3 Å². The Morgan fingerprint density at radius 1 is 0.742 bits per heavy atom. The molecule has 0 fully saturated rings. The summed E-state index contributed by atoms with van der Waals surface area (Å²) in [5.41, 5.74) is 2.19. The quantitative estimate of drug-likeness (QED) is 0.533. The highest BCUT2D eigenvalue weighted by atomic mass is 32.2. The first-order chi connectivity index (χ1) is 14.9. The third-order valence-corrected chi connectivity index (χ3v) is 6.08. The van der Waals surface area contributed by atoms with Gasteiger partial charge in [0, 0.05) is 18.7 Å². The molecule has 0 atom stereocenters. The zero-order valence-electron chi connectivity index (χ0n) is 17.3. The third-order valence-electron chi connectivity index (χ3n) is 4.66. The van der Waals surface area contributed by atoms with Crippen LogP contribution in [0.25, 0.3) is 0 Å². The molecule has 0 saturated carbocycles. The minimum absolute atomic E-state index is 0.113. The Hall–Kier alpha value is -3.36. The summed E-state index contributed by atoms with van der Waals surface area (Å²) in [6, 6.07) is 20.4. The fourth-order valence-electron chi connectivity index (χ4n) is 2.82. The largest absolute Gasteiger partial charge is 0.497 e. The van der Waals surface area contributed by atoms with Gasteiger partial charge < -0.3 is 14.8 Å². The van der Waals surface area contributed by atoms with E-state index in [1.54, 1.807) is 43.5 Å². The van der Waals surface area contributed by atoms with Crippen molar-refractivity contribution in [2.75, 3.05) is 14.2 Å². The van der Waals surface area contributed by atoms with E-state index in [0.29, 0.717) is 17.9 Å². The molecular formula is C23H24N2O5S. The number of nitrogens with one attached hydrogen (secondary N) is 2. The van der Waals surface area contributed by atoms with Gasteiger partial charge in [-0.15, -0.1) is 0 Å². The van der Waals surface area contributed by atoms with Crippen LogP contribution in [-0.2, 0) is 23.1 Å². The molecule has 1 amide bonds. The first kappa shape index (κ1) is 22.3. The van der Waals surface area contributed by atoms with E-state index in [9.17, 15) is 13.2 Å². The smallest absolute Gasteiger partial charge is 0.251 e. The maximum absolute atomic E-state index is 12.4. The van der Waals surface area contributed by atoms with Crippen molar-refractivity contribution in [1.29, 1.82) is 0 Å². The molecule has 3 rings (SSSR count). The summed E-state index contributed by atoms with van der Waals surface area (Å²) in [6.45, 7) is 0.508. The fourth-order valence-corrected chi connectivity index (χ4v) is 3.84. The second-order valence-electron chi connectivity index (χ2n) is 6.73. The van der Waals surface area contributed by atoms with Crippen molar-refractivity contribution in [3.05, 3.63) is 89.5 Å². The third kappa shape index (κ3) is 6.07. The second-order valence-corrected chi connectivity index (χ2v) is 8.49. The molecule has 3 aromatic rings. The number of rotatable bonds is 9. The lowest BCUT2D eigenvalue weighted by Gasteiger charge is -2.09. The Bertz CT molecular complexity index is 1110. The zero-order valence-corrected chi connectivity index (χ0v) is 18.1. The number of carbonyl (C=O) groups is 1. The van der Waals surface area contributed by atoms with Crippen LogP contribution in [0.2, 0.25) is 0 Å². The van der Waals surface area contributed by atoms with E-state index in [0.717, 1.165) is 16.9 Å². The number of hydrogen-bond donors (Lipinski definition) is 2. The molecule has 0 aliphatic heterocycles. The maximum atomic E-state index is 12.4. The number of ether oxygens (including phenoxy) is 2. The molecule has 0 bridgehead atoms. The summed E-state index contributed by atoms with van der Waals surface area (Å²) >= 11 is 0. The molecule has 31 heavy (non-hydrogen) atoms. The van der Waals surface area contributed by atoms with Crippen LogP contribution in [0.5, 0.6) is 11.5 Å². The van der Waals surface area contributed by atoms with Crippen molar-refractivity contribution in [2.24, 2.45) is 0 Å². The normalized spacial score (nSPS) is 11.0. The lowest BCUT2D eigenvalue weighted by atomic mass is 10.1. The van der Waals surface area contributed by atoms with Crippen LogP contribution < -0.4 is 19.5 Å². The molecule has 0 aromatic heterocycles. The lowest BCUT2D eigenvalue weighted by molar-refractivity contribution is 0.0951. The van der Waals surface area contributed by atoms with Crippen LogP contribution in [0.15, 0.2) is 77.7 Å². The van der Waals surface area contributed by atoms with Crippen LogP contribution >= 0.6 is 0 Å². The van der Waals surface area contributed by atoms with Crippen molar-refractivity contribution in [3.8, 4) is 11.5 Å². The average Bonchev–Trinajstić information content (AvgIpc) is 2.82. The fraction of sp³-hybridized carbons (Fsp3) is 0.174. The minimum atomic E-state index is -3.65. The van der Waals surface area contributed by atoms with Gasteiger partial charge in [0.2, 0.25) is 10.0 Å². The molecule has 3 aromatic carbocycles. The van der Waals surface area contributed by atoms with Gasteiger partial charge >= 0.3 is 0 Å². The summed E-state index contributed by atoms with van der Waals surface area (Å²) < 4.78 is 37.5. The maximum Gasteiger partial charge on any atom is 0.251 e. The van der Waals surface area contributed by atoms with Gasteiger partial charge in [-0.3, -0.25) is 4.79 Å². The van der Waals surface area contributed by atoms with Crippen molar-refractivity contribution < 1.29 is 22.7 Å². The predicted octanol–water partition coefficient (Wildman–Crippen LogP) is 3.11. The van der Waals surface area contributed by atoms with Crippen LogP contribution in [0.3, 0.4) is 0 Å². The van der Waals surface area contributed by atoms with Gasteiger partial charge in [-0.05, 0) is 59.7 Å². The van der Waals surface area contributed by atoms with E-state index >= 15 is 0 Å². The van der Waals surface area contributed by atoms with E-state index in [1.165, 1.54) is 19.2 Å². The van der Waals surface area contributed by atoms with Crippen LogP contribution in [-0.4, -0.2) is 28.5 Å². The molecule has 0 spiro atoms. The molecule has 0 aliphatic rings. The van der Waals surface area contributed by atoms with Gasteiger partial charge in [-0.25, -0.2) is 13.1 Å². The molecular weight excluding hydrogens is 416 g/mol. The molecule has 0 aliphatic carbocycles. The zero-order chi connectivity index (χ0) is 22.3. The van der Waals surface area contributed by atoms with Crippen LogP contribution in [0.4, 0.5) is 0 Å². The van der Waals surface area contributed by atoms with Crippen molar-refractivity contribution in [2.45, 2.75) is 18.0 Å². The average molecular weight is 441 g/mol. The highest BCUT2D eigenvalue weighted by Gasteiger charge is 2.14. The number of sulfonamides is 1. The van der Waals surface area contributed by atoms with Gasteiger partial charge in [0.25, 0.3) is 5.91 Å². The monoisotopic (exact) mass is 440 g/mol. The standard InChI is InChI=1S/C23H24N2O5S/c1-29-20-9-5-17(6-10-20)15-24-23(26)19-7-3-18(4-8-19)16-25-31(27,28)22-13-11-21(30-2)12-14-22/h3-14,25H,15-16H2,1-2H3,(H,24,26). The molecule has 7 nitrogen and oxygen atoms in total. The second kappa shape index (κ2) is 10.1. The summed E-state index contributed by atoms with van der Waals surface area (Å²) in [4.78, 5) is 12.5. The van der Waals surface area contributed by atoms with Crippen molar-refractivity contribution >= 4 is 15.9 Å². The van der Waals surface area contributed by atoms with E-state index in [-0.39, 0.29) is 17.3 Å². The van der Waals surface area contributed by atoms with Crippen molar-refractivity contribution in [3.63, 3.8) is 0 Å². The van der Waals surface area contributed by atoms with Gasteiger partial charge in [0.15, 0.2) is 0 Å². The Morgan fingerprint density at radius 2 is 1.23 bits per heavy atom. The Balaban J connectivity index is 1.54. The van der Waals surface area contributed by atoms with Crippen LogP contribution in [0, 0.1) is 0 Å². The molecule has 0 heterocycles. The molecule has 162 valence electrons. The van der Waals surface area contributed by atoms with E-state index in [1.807, 2.05) is 24.3 Å². The number of amides is 1. The number of hydrogen-bond acceptors (Lipinski definition) is 5. The Labute approximate surface area is 182 Å². The summed E-state index contributed by atoms with van der Waals surface area (Å²) in [5.74, 6) is 1.13. The van der Waals surface area contributed by atoms with Gasteiger partial charge in [0.05, 0.1) is 19.1 Å². The molecule has 0 saturated heterocycles. The predicted molar refractivity (Wildman–Crippen MR) is 118 cm³/mol. The van der Waals surface area contributed by atoms with Gasteiger partial charge in [0.1, 0.15) is 11.5 Å². The minimum Gasteiger partial charge on any atom is -0.497 e. The molecule has 2 N–H and O–H groups in total. The number of benzene rings is 3. The van der Waals surface area contributed by atoms with E-state index in [4.69, 9.17) is 9.47 Å². The van der Waals surface area contributed by atoms with E-state index in [2.05, 4.69) is 10.0 Å². The molecule has 0 radical (unpaired) electrons. The first-order valence-corrected chi connectivity index (χ1v) is 11.0. The highest BCUT2D eigenvalue weighted by molar-refractivity contribution is 7.89. The first-order valence-electron chi connectivity index (χ1n) is 9.55. The highest BCUT2D eigenvalue weighted by Crippen LogP contribution is 2.16. The Kier molecular flexibility index (Phi) is 7.28. The number of carbonyl (C=O) groups excluding carboxylic acids is 1. The van der Waals surface area contributed by atoms with Crippen molar-refractivity contribution in [1.82, 2.24) is 10.0 Å². The number of methoxy groups -OCH3 is 2. The summed E-state index contributed by atoms with van der Waals surface area (Å²) in [5, 5.41) is 2.86. The topological polar surface area (TPSA) is 93.7 Å². The molecule has 8 heteroatoms.